The fourth-order valence-electron chi connectivity index (χ4n) is 1.12. The van der Waals surface area contributed by atoms with Crippen molar-refractivity contribution < 1.29 is 4.39 Å². The predicted molar refractivity (Wildman–Crippen MR) is 62.9 cm³/mol. The van der Waals surface area contributed by atoms with Gasteiger partial charge in [0.25, 0.3) is 0 Å². The molecular weight excluding hydrogens is 320 g/mol. The molecule has 0 saturated carbocycles. The Morgan fingerprint density at radius 1 is 1.06 bits per heavy atom. The maximum absolute atomic E-state index is 13.7. The third kappa shape index (κ3) is 2.31. The number of hydrogen-bond donors (Lipinski definition) is 0. The Morgan fingerprint density at radius 2 is 1.69 bits per heavy atom. The first kappa shape index (κ1) is 11.7. The summed E-state index contributed by atoms with van der Waals surface area (Å²) in [5.74, 6) is -0.371. The number of halogens is 4. The van der Waals surface area contributed by atoms with E-state index >= 15 is 0 Å². The van der Waals surface area contributed by atoms with Gasteiger partial charge < -0.3 is 0 Å². The molecule has 2 rings (SSSR count). The van der Waals surface area contributed by atoms with Crippen LogP contribution in [0.5, 0.6) is 0 Å². The lowest BCUT2D eigenvalue weighted by molar-refractivity contribution is 0.623. The van der Waals surface area contributed by atoms with E-state index in [1.165, 1.54) is 6.07 Å². The summed E-state index contributed by atoms with van der Waals surface area (Å²) < 4.78 is 14.0. The van der Waals surface area contributed by atoms with Crippen LogP contribution in [-0.4, -0.2) is 15.0 Å². The zero-order valence-electron chi connectivity index (χ0n) is 7.59. The van der Waals surface area contributed by atoms with Crippen molar-refractivity contribution in [3.8, 4) is 11.4 Å². The summed E-state index contributed by atoms with van der Waals surface area (Å²) in [4.78, 5) is 11.2. The molecule has 0 amide bonds. The summed E-state index contributed by atoms with van der Waals surface area (Å²) in [7, 11) is 0. The molecule has 16 heavy (non-hydrogen) atoms. The predicted octanol–water partition coefficient (Wildman–Crippen LogP) is 3.75. The molecule has 1 aromatic carbocycles. The SMILES string of the molecule is Fc1c(Br)cccc1-c1nc(Cl)nc(Cl)n1. The zero-order chi connectivity index (χ0) is 11.7. The van der Waals surface area contributed by atoms with Crippen molar-refractivity contribution in [3.63, 3.8) is 0 Å². The minimum absolute atomic E-state index is 0.0747. The van der Waals surface area contributed by atoms with Crippen LogP contribution < -0.4 is 0 Å². The van der Waals surface area contributed by atoms with Crippen LogP contribution in [0.25, 0.3) is 11.4 Å². The zero-order valence-corrected chi connectivity index (χ0v) is 10.7. The molecule has 0 fully saturated rings. The second-order valence-electron chi connectivity index (χ2n) is 2.80. The lowest BCUT2D eigenvalue weighted by Gasteiger charge is -2.03. The van der Waals surface area contributed by atoms with E-state index < -0.39 is 5.82 Å². The van der Waals surface area contributed by atoms with E-state index in [9.17, 15) is 4.39 Å². The fraction of sp³-hybridized carbons (Fsp3) is 0. The molecular formula is C9H3BrCl2FN3. The Bertz CT molecular complexity index is 530. The number of nitrogens with zero attached hydrogens (tertiary/aromatic N) is 3. The highest BCUT2D eigenvalue weighted by atomic mass is 79.9. The first-order chi connectivity index (χ1) is 7.58. The van der Waals surface area contributed by atoms with Crippen molar-refractivity contribution in [2.24, 2.45) is 0 Å². The largest absolute Gasteiger partial charge is 0.227 e. The molecule has 0 saturated heterocycles. The molecule has 2 aromatic rings. The van der Waals surface area contributed by atoms with Crippen LogP contribution >= 0.6 is 39.1 Å². The first-order valence-electron chi connectivity index (χ1n) is 4.09. The van der Waals surface area contributed by atoms with Crippen LogP contribution in [0.2, 0.25) is 10.6 Å². The summed E-state index contributed by atoms with van der Waals surface area (Å²) in [6.07, 6.45) is 0. The molecule has 0 atom stereocenters. The Morgan fingerprint density at radius 3 is 2.31 bits per heavy atom. The minimum atomic E-state index is -0.471. The van der Waals surface area contributed by atoms with Gasteiger partial charge in [-0.3, -0.25) is 0 Å². The monoisotopic (exact) mass is 321 g/mol. The normalized spacial score (nSPS) is 10.5. The van der Waals surface area contributed by atoms with E-state index in [2.05, 4.69) is 30.9 Å². The number of rotatable bonds is 1. The van der Waals surface area contributed by atoms with Crippen LogP contribution in [0.3, 0.4) is 0 Å². The van der Waals surface area contributed by atoms with E-state index in [1.54, 1.807) is 12.1 Å². The molecule has 1 aromatic heterocycles. The molecule has 0 aliphatic heterocycles. The third-order valence-corrected chi connectivity index (χ3v) is 2.72. The molecule has 7 heteroatoms. The first-order valence-corrected chi connectivity index (χ1v) is 5.64. The average molecular weight is 323 g/mol. The highest BCUT2D eigenvalue weighted by Crippen LogP contribution is 2.26. The molecule has 0 bridgehead atoms. The summed E-state index contributed by atoms with van der Waals surface area (Å²) >= 11 is 14.3. The average Bonchev–Trinajstić information content (AvgIpc) is 2.20. The molecule has 1 heterocycles. The van der Waals surface area contributed by atoms with Gasteiger partial charge in [-0.05, 0) is 51.3 Å². The van der Waals surface area contributed by atoms with Gasteiger partial charge in [0, 0.05) is 0 Å². The van der Waals surface area contributed by atoms with Crippen molar-refractivity contribution in [2.45, 2.75) is 0 Å². The van der Waals surface area contributed by atoms with Gasteiger partial charge in [0.2, 0.25) is 10.6 Å². The second kappa shape index (κ2) is 4.61. The minimum Gasteiger partial charge on any atom is -0.205 e. The van der Waals surface area contributed by atoms with Crippen LogP contribution in [0.15, 0.2) is 22.7 Å². The lowest BCUT2D eigenvalue weighted by atomic mass is 10.2. The van der Waals surface area contributed by atoms with Gasteiger partial charge in [0.15, 0.2) is 5.82 Å². The summed E-state index contributed by atoms with van der Waals surface area (Å²) in [6.45, 7) is 0. The Labute approximate surface area is 109 Å². The van der Waals surface area contributed by atoms with E-state index in [4.69, 9.17) is 23.2 Å². The topological polar surface area (TPSA) is 38.7 Å². The van der Waals surface area contributed by atoms with E-state index in [0.29, 0.717) is 4.47 Å². The number of hydrogen-bond acceptors (Lipinski definition) is 3. The van der Waals surface area contributed by atoms with Gasteiger partial charge in [-0.1, -0.05) is 6.07 Å². The van der Waals surface area contributed by atoms with Gasteiger partial charge in [0.1, 0.15) is 5.82 Å². The Balaban J connectivity index is 2.63. The van der Waals surface area contributed by atoms with Crippen LogP contribution in [0.4, 0.5) is 4.39 Å². The third-order valence-electron chi connectivity index (χ3n) is 1.77. The van der Waals surface area contributed by atoms with Gasteiger partial charge >= 0.3 is 0 Å². The van der Waals surface area contributed by atoms with Crippen molar-refractivity contribution >= 4 is 39.1 Å². The van der Waals surface area contributed by atoms with Gasteiger partial charge in [-0.15, -0.1) is 0 Å². The highest BCUT2D eigenvalue weighted by Gasteiger charge is 2.12. The lowest BCUT2D eigenvalue weighted by Crippen LogP contribution is -1.96. The standard InChI is InChI=1S/C9H3BrCl2FN3/c10-5-3-1-2-4(6(5)13)7-14-8(11)16-9(12)15-7/h1-3H. The van der Waals surface area contributed by atoms with Gasteiger partial charge in [-0.25, -0.2) is 4.39 Å². The number of aromatic nitrogens is 3. The maximum Gasteiger partial charge on any atom is 0.227 e. The molecule has 82 valence electrons. The molecule has 0 spiro atoms. The molecule has 3 nitrogen and oxygen atoms in total. The summed E-state index contributed by atoms with van der Waals surface area (Å²) in [5, 5.41) is -0.149. The summed E-state index contributed by atoms with van der Waals surface area (Å²) in [5.41, 5.74) is 0.209. The Kier molecular flexibility index (Phi) is 3.37. The molecule has 0 aliphatic rings. The summed E-state index contributed by atoms with van der Waals surface area (Å²) in [6, 6.07) is 4.76. The highest BCUT2D eigenvalue weighted by molar-refractivity contribution is 9.10. The van der Waals surface area contributed by atoms with Crippen molar-refractivity contribution in [2.75, 3.05) is 0 Å². The van der Waals surface area contributed by atoms with E-state index in [1.807, 2.05) is 0 Å². The quantitative estimate of drug-likeness (QED) is 0.802. The van der Waals surface area contributed by atoms with Gasteiger partial charge in [-0.2, -0.15) is 15.0 Å². The molecule has 0 radical (unpaired) electrons. The smallest absolute Gasteiger partial charge is 0.205 e. The second-order valence-corrected chi connectivity index (χ2v) is 4.33. The van der Waals surface area contributed by atoms with E-state index in [0.717, 1.165) is 0 Å². The maximum atomic E-state index is 13.7. The molecule has 0 unspecified atom stereocenters. The number of benzene rings is 1. The fourth-order valence-corrected chi connectivity index (χ4v) is 1.85. The Hall–Kier alpha value is -0.780. The van der Waals surface area contributed by atoms with Gasteiger partial charge in [0.05, 0.1) is 10.0 Å². The van der Waals surface area contributed by atoms with Crippen molar-refractivity contribution in [1.29, 1.82) is 0 Å². The molecule has 0 N–H and O–H groups in total. The van der Waals surface area contributed by atoms with Crippen LogP contribution in [0, 0.1) is 5.82 Å². The van der Waals surface area contributed by atoms with Crippen LogP contribution in [-0.2, 0) is 0 Å². The van der Waals surface area contributed by atoms with Crippen molar-refractivity contribution in [3.05, 3.63) is 39.1 Å². The molecule has 0 aliphatic carbocycles. The van der Waals surface area contributed by atoms with E-state index in [-0.39, 0.29) is 22.0 Å². The van der Waals surface area contributed by atoms with Crippen LogP contribution in [0.1, 0.15) is 0 Å². The van der Waals surface area contributed by atoms with Crippen molar-refractivity contribution in [1.82, 2.24) is 15.0 Å².